The zero-order valence-corrected chi connectivity index (χ0v) is 11.4. The predicted molar refractivity (Wildman–Crippen MR) is 78.7 cm³/mol. The lowest BCUT2D eigenvalue weighted by molar-refractivity contribution is 0.511. The van der Waals surface area contributed by atoms with Crippen LogP contribution in [0.4, 0.5) is 5.82 Å². The minimum Gasteiger partial charge on any atom is -0.383 e. The molecule has 0 aromatic carbocycles. The Hall–Kier alpha value is -1.58. The lowest BCUT2D eigenvalue weighted by Crippen LogP contribution is -2.19. The lowest BCUT2D eigenvalue weighted by Gasteiger charge is -2.10. The van der Waals surface area contributed by atoms with Crippen molar-refractivity contribution in [1.29, 1.82) is 0 Å². The summed E-state index contributed by atoms with van der Waals surface area (Å²) >= 11 is 0. The number of anilines is 1. The van der Waals surface area contributed by atoms with Crippen molar-refractivity contribution >= 4 is 12.0 Å². The highest BCUT2D eigenvalue weighted by atomic mass is 16.1. The molecule has 19 heavy (non-hydrogen) atoms. The molecule has 0 bridgehead atoms. The Morgan fingerprint density at radius 1 is 1.16 bits per heavy atom. The number of rotatable bonds is 2. The first-order valence-corrected chi connectivity index (χ1v) is 7.29. The zero-order valence-electron chi connectivity index (χ0n) is 11.4. The molecule has 1 aromatic rings. The van der Waals surface area contributed by atoms with Crippen LogP contribution in [-0.4, -0.2) is 9.55 Å². The van der Waals surface area contributed by atoms with Crippen molar-refractivity contribution in [1.82, 2.24) is 9.55 Å². The first kappa shape index (κ1) is 13.8. The fourth-order valence-corrected chi connectivity index (χ4v) is 2.61. The van der Waals surface area contributed by atoms with E-state index in [9.17, 15) is 4.79 Å². The molecule has 1 aromatic heterocycles. The first-order chi connectivity index (χ1) is 9.25. The number of aromatic nitrogens is 2. The Morgan fingerprint density at radius 2 is 1.79 bits per heavy atom. The van der Waals surface area contributed by atoms with Crippen LogP contribution >= 0.6 is 0 Å². The van der Waals surface area contributed by atoms with Gasteiger partial charge in [0.2, 0.25) is 0 Å². The second-order valence-electron chi connectivity index (χ2n) is 5.34. The van der Waals surface area contributed by atoms with Crippen LogP contribution < -0.4 is 11.4 Å². The van der Waals surface area contributed by atoms with Crippen LogP contribution in [0, 0.1) is 5.92 Å². The van der Waals surface area contributed by atoms with Gasteiger partial charge in [0.25, 0.3) is 0 Å². The Kier molecular flexibility index (Phi) is 5.19. The van der Waals surface area contributed by atoms with E-state index in [0.29, 0.717) is 5.92 Å². The van der Waals surface area contributed by atoms with Gasteiger partial charge in [0.15, 0.2) is 0 Å². The van der Waals surface area contributed by atoms with E-state index in [1.807, 2.05) is 6.20 Å². The first-order valence-electron chi connectivity index (χ1n) is 7.29. The largest absolute Gasteiger partial charge is 0.383 e. The highest BCUT2D eigenvalue weighted by Gasteiger charge is 2.07. The molecule has 0 spiro atoms. The van der Waals surface area contributed by atoms with Gasteiger partial charge in [-0.3, -0.25) is 4.57 Å². The second kappa shape index (κ2) is 7.12. The van der Waals surface area contributed by atoms with E-state index >= 15 is 0 Å². The van der Waals surface area contributed by atoms with Gasteiger partial charge in [0, 0.05) is 12.4 Å². The summed E-state index contributed by atoms with van der Waals surface area (Å²) in [7, 11) is 0. The van der Waals surface area contributed by atoms with Crippen molar-refractivity contribution in [3.63, 3.8) is 0 Å². The normalized spacial score (nSPS) is 18.9. The predicted octanol–water partition coefficient (Wildman–Crippen LogP) is 3.05. The topological polar surface area (TPSA) is 60.9 Å². The van der Waals surface area contributed by atoms with Crippen molar-refractivity contribution in [2.45, 2.75) is 51.4 Å². The van der Waals surface area contributed by atoms with E-state index in [0.717, 1.165) is 0 Å². The Balaban J connectivity index is 2.00. The van der Waals surface area contributed by atoms with E-state index < -0.39 is 0 Å². The molecule has 0 amide bonds. The summed E-state index contributed by atoms with van der Waals surface area (Å²) in [6.45, 7) is 0. The van der Waals surface area contributed by atoms with Gasteiger partial charge in [-0.2, -0.15) is 4.98 Å². The summed E-state index contributed by atoms with van der Waals surface area (Å²) in [5.74, 6) is 0.861. The van der Waals surface area contributed by atoms with Gasteiger partial charge < -0.3 is 5.73 Å². The van der Waals surface area contributed by atoms with Gasteiger partial charge in [-0.25, -0.2) is 4.79 Å². The van der Waals surface area contributed by atoms with E-state index in [4.69, 9.17) is 5.73 Å². The highest BCUT2D eigenvalue weighted by molar-refractivity contribution is 5.29. The fraction of sp³-hybridized carbons (Fsp3) is 0.600. The monoisotopic (exact) mass is 261 g/mol. The molecule has 2 N–H and O–H groups in total. The summed E-state index contributed by atoms with van der Waals surface area (Å²) in [5.41, 5.74) is 5.17. The summed E-state index contributed by atoms with van der Waals surface area (Å²) in [6, 6.07) is 1.65. The third-order valence-corrected chi connectivity index (χ3v) is 3.77. The molecule has 1 aliphatic rings. The third kappa shape index (κ3) is 4.54. The summed E-state index contributed by atoms with van der Waals surface area (Å²) in [5, 5.41) is 0. The number of nitrogens with zero attached hydrogens (tertiary/aromatic N) is 2. The van der Waals surface area contributed by atoms with Gasteiger partial charge in [-0.15, -0.1) is 0 Å². The molecule has 4 nitrogen and oxygen atoms in total. The van der Waals surface area contributed by atoms with E-state index in [1.54, 1.807) is 12.3 Å². The smallest absolute Gasteiger partial charge is 0.353 e. The third-order valence-electron chi connectivity index (χ3n) is 3.77. The highest BCUT2D eigenvalue weighted by Crippen LogP contribution is 2.22. The van der Waals surface area contributed by atoms with Gasteiger partial charge in [0.1, 0.15) is 5.82 Å². The number of nitrogen functional groups attached to an aromatic ring is 1. The molecular formula is C15H23N3O. The van der Waals surface area contributed by atoms with Gasteiger partial charge >= 0.3 is 5.69 Å². The maximum Gasteiger partial charge on any atom is 0.353 e. The average molecular weight is 261 g/mol. The minimum atomic E-state index is -0.306. The van der Waals surface area contributed by atoms with Crippen LogP contribution in [0.3, 0.4) is 0 Å². The van der Waals surface area contributed by atoms with Gasteiger partial charge in [0.05, 0.1) is 0 Å². The maximum atomic E-state index is 11.6. The standard InChI is InChI=1S/C15H23N3O/c16-14-10-12-18(15(19)17-14)11-9-13-7-5-3-1-2-4-6-8-13/h9-13H,1-8H2,(H2,16,17,19). The van der Waals surface area contributed by atoms with Gasteiger partial charge in [-0.05, 0) is 24.8 Å². The van der Waals surface area contributed by atoms with Crippen molar-refractivity contribution < 1.29 is 0 Å². The molecule has 1 saturated carbocycles. The molecule has 4 heteroatoms. The minimum absolute atomic E-state index is 0.275. The molecule has 1 aliphatic carbocycles. The van der Waals surface area contributed by atoms with Crippen LogP contribution in [0.25, 0.3) is 6.20 Å². The van der Waals surface area contributed by atoms with Crippen LogP contribution in [0.5, 0.6) is 0 Å². The van der Waals surface area contributed by atoms with E-state index in [1.165, 1.54) is 55.9 Å². The zero-order chi connectivity index (χ0) is 13.5. The molecule has 2 rings (SSSR count). The van der Waals surface area contributed by atoms with Crippen molar-refractivity contribution in [3.05, 3.63) is 28.8 Å². The van der Waals surface area contributed by atoms with Crippen LogP contribution in [-0.2, 0) is 0 Å². The SMILES string of the molecule is Nc1ccn(C=CC2CCCCCCCC2)c(=O)n1. The number of nitrogens with two attached hydrogens (primary N) is 1. The average Bonchev–Trinajstić information content (AvgIpc) is 2.51. The number of allylic oxidation sites excluding steroid dienone is 1. The Labute approximate surface area is 114 Å². The summed E-state index contributed by atoms with van der Waals surface area (Å²) < 4.78 is 1.50. The lowest BCUT2D eigenvalue weighted by atomic mass is 9.97. The van der Waals surface area contributed by atoms with Crippen molar-refractivity contribution in [3.8, 4) is 0 Å². The number of hydrogen-bond donors (Lipinski definition) is 1. The second-order valence-corrected chi connectivity index (χ2v) is 5.34. The maximum absolute atomic E-state index is 11.6. The van der Waals surface area contributed by atoms with Crippen molar-refractivity contribution in [2.24, 2.45) is 5.92 Å². The molecule has 1 fully saturated rings. The fourth-order valence-electron chi connectivity index (χ4n) is 2.61. The van der Waals surface area contributed by atoms with Crippen LogP contribution in [0.15, 0.2) is 23.1 Å². The van der Waals surface area contributed by atoms with Gasteiger partial charge in [-0.1, -0.05) is 44.6 Å². The molecule has 1 heterocycles. The molecule has 0 unspecified atom stereocenters. The van der Waals surface area contributed by atoms with Crippen molar-refractivity contribution in [2.75, 3.05) is 5.73 Å². The Bertz CT molecular complexity index is 469. The molecular weight excluding hydrogens is 238 g/mol. The summed E-state index contributed by atoms with van der Waals surface area (Å²) in [4.78, 5) is 15.3. The van der Waals surface area contributed by atoms with E-state index in [2.05, 4.69) is 11.1 Å². The molecule has 104 valence electrons. The quantitative estimate of drug-likeness (QED) is 0.890. The molecule has 0 atom stereocenters. The molecule has 0 radical (unpaired) electrons. The molecule has 0 saturated heterocycles. The van der Waals surface area contributed by atoms with Crippen LogP contribution in [0.1, 0.15) is 51.4 Å². The summed E-state index contributed by atoms with van der Waals surface area (Å²) in [6.07, 6.45) is 16.2. The Morgan fingerprint density at radius 3 is 2.42 bits per heavy atom. The molecule has 0 aliphatic heterocycles. The van der Waals surface area contributed by atoms with E-state index in [-0.39, 0.29) is 11.5 Å². The number of hydrogen-bond acceptors (Lipinski definition) is 3. The van der Waals surface area contributed by atoms with Crippen LogP contribution in [0.2, 0.25) is 0 Å².